The van der Waals surface area contributed by atoms with E-state index in [0.717, 1.165) is 18.6 Å². The molecule has 0 radical (unpaired) electrons. The Balaban J connectivity index is 2.41. The van der Waals surface area contributed by atoms with Crippen molar-refractivity contribution in [3.8, 4) is 0 Å². The number of carboxylic acids is 1. The molecule has 98 valence electrons. The van der Waals surface area contributed by atoms with Gasteiger partial charge < -0.3 is 15.1 Å². The fraction of sp³-hybridized carbons (Fsp3) is 0.818. The Morgan fingerprint density at radius 2 is 2.18 bits per heavy atom. The van der Waals surface area contributed by atoms with Gasteiger partial charge in [-0.1, -0.05) is 13.3 Å². The number of amides is 1. The molecule has 0 spiro atoms. The topological polar surface area (TPSA) is 77.8 Å². The number of aliphatic hydroxyl groups is 1. The van der Waals surface area contributed by atoms with Crippen molar-refractivity contribution >= 4 is 23.6 Å². The molecule has 1 fully saturated rings. The summed E-state index contributed by atoms with van der Waals surface area (Å²) in [5.41, 5.74) is 0. The van der Waals surface area contributed by atoms with Crippen molar-refractivity contribution in [2.24, 2.45) is 0 Å². The van der Waals surface area contributed by atoms with Gasteiger partial charge in [0.1, 0.15) is 6.04 Å². The molecule has 2 N–H and O–H groups in total. The monoisotopic (exact) mass is 261 g/mol. The number of carboxylic acid groups (broad SMARTS) is 1. The normalized spacial score (nSPS) is 24.0. The van der Waals surface area contributed by atoms with Gasteiger partial charge in [0.15, 0.2) is 0 Å². The molecule has 0 saturated carbocycles. The number of carbonyl (C=O) groups is 2. The van der Waals surface area contributed by atoms with Gasteiger partial charge in [-0.2, -0.15) is 11.8 Å². The molecule has 1 saturated heterocycles. The third-order valence-corrected chi connectivity index (χ3v) is 3.78. The highest BCUT2D eigenvalue weighted by Gasteiger charge is 2.38. The molecule has 1 amide bonds. The molecule has 17 heavy (non-hydrogen) atoms. The predicted molar refractivity (Wildman–Crippen MR) is 66.0 cm³/mol. The van der Waals surface area contributed by atoms with E-state index < -0.39 is 18.1 Å². The second-order valence-corrected chi connectivity index (χ2v) is 5.30. The summed E-state index contributed by atoms with van der Waals surface area (Å²) in [7, 11) is 0. The number of hydrogen-bond acceptors (Lipinski definition) is 4. The largest absolute Gasteiger partial charge is 0.480 e. The third-order valence-electron chi connectivity index (χ3n) is 2.75. The SMILES string of the molecule is CCCCSCC(=O)N1C[C@H](O)C[C@H]1C(=O)O. The number of β-amino-alcohol motifs (C(OH)–C–C–N with tert-alkyl or cyclic N) is 1. The maximum atomic E-state index is 11.8. The van der Waals surface area contributed by atoms with Crippen LogP contribution < -0.4 is 0 Å². The lowest BCUT2D eigenvalue weighted by molar-refractivity contribution is -0.147. The minimum Gasteiger partial charge on any atom is -0.480 e. The Kier molecular flexibility index (Phi) is 5.77. The first-order valence-corrected chi connectivity index (χ1v) is 6.99. The molecule has 0 aromatic carbocycles. The zero-order valence-corrected chi connectivity index (χ0v) is 10.8. The number of aliphatic hydroxyl groups excluding tert-OH is 1. The first kappa shape index (κ1) is 14.3. The minimum absolute atomic E-state index is 0.140. The molecule has 1 aliphatic rings. The Bertz CT molecular complexity index is 285. The lowest BCUT2D eigenvalue weighted by Crippen LogP contribution is -2.41. The van der Waals surface area contributed by atoms with Crippen molar-refractivity contribution in [1.29, 1.82) is 0 Å². The number of nitrogens with zero attached hydrogens (tertiary/aromatic N) is 1. The Morgan fingerprint density at radius 3 is 2.76 bits per heavy atom. The molecule has 1 rings (SSSR count). The van der Waals surface area contributed by atoms with Gasteiger partial charge in [0, 0.05) is 13.0 Å². The summed E-state index contributed by atoms with van der Waals surface area (Å²) in [6, 6.07) is -0.857. The lowest BCUT2D eigenvalue weighted by atomic mass is 10.2. The molecular weight excluding hydrogens is 242 g/mol. The van der Waals surface area contributed by atoms with E-state index >= 15 is 0 Å². The van der Waals surface area contributed by atoms with E-state index in [1.807, 2.05) is 0 Å². The number of hydrogen-bond donors (Lipinski definition) is 2. The highest BCUT2D eigenvalue weighted by atomic mass is 32.2. The summed E-state index contributed by atoms with van der Waals surface area (Å²) < 4.78 is 0. The van der Waals surface area contributed by atoms with E-state index in [2.05, 4.69) is 6.92 Å². The van der Waals surface area contributed by atoms with Crippen LogP contribution in [0.3, 0.4) is 0 Å². The average molecular weight is 261 g/mol. The summed E-state index contributed by atoms with van der Waals surface area (Å²) in [4.78, 5) is 24.0. The zero-order chi connectivity index (χ0) is 12.8. The minimum atomic E-state index is -1.03. The molecule has 0 aromatic heterocycles. The summed E-state index contributed by atoms with van der Waals surface area (Å²) in [5.74, 6) is -0.00382. The van der Waals surface area contributed by atoms with Gasteiger partial charge in [0.25, 0.3) is 0 Å². The van der Waals surface area contributed by atoms with Crippen LogP contribution in [0.15, 0.2) is 0 Å². The smallest absolute Gasteiger partial charge is 0.326 e. The summed E-state index contributed by atoms with van der Waals surface area (Å²) in [6.07, 6.45) is 1.58. The Labute approximate surface area is 105 Å². The highest BCUT2D eigenvalue weighted by molar-refractivity contribution is 7.99. The number of aliphatic carboxylic acids is 1. The fourth-order valence-corrected chi connectivity index (χ4v) is 2.79. The maximum absolute atomic E-state index is 11.8. The van der Waals surface area contributed by atoms with Crippen molar-refractivity contribution < 1.29 is 19.8 Å². The molecule has 5 nitrogen and oxygen atoms in total. The number of likely N-dealkylation sites (tertiary alicyclic amines) is 1. The number of rotatable bonds is 6. The molecule has 1 heterocycles. The number of unbranched alkanes of at least 4 members (excludes halogenated alkanes) is 1. The van der Waals surface area contributed by atoms with Gasteiger partial charge >= 0.3 is 5.97 Å². The van der Waals surface area contributed by atoms with Gasteiger partial charge in [-0.25, -0.2) is 4.79 Å². The van der Waals surface area contributed by atoms with Crippen molar-refractivity contribution in [2.75, 3.05) is 18.1 Å². The van der Waals surface area contributed by atoms with Gasteiger partial charge in [0.05, 0.1) is 11.9 Å². The van der Waals surface area contributed by atoms with Gasteiger partial charge in [-0.15, -0.1) is 0 Å². The molecule has 2 atom stereocenters. The predicted octanol–water partition coefficient (Wildman–Crippen LogP) is 0.566. The van der Waals surface area contributed by atoms with Crippen molar-refractivity contribution in [2.45, 2.75) is 38.3 Å². The van der Waals surface area contributed by atoms with Crippen molar-refractivity contribution in [3.63, 3.8) is 0 Å². The van der Waals surface area contributed by atoms with Crippen LogP contribution in [0.5, 0.6) is 0 Å². The van der Waals surface area contributed by atoms with Crippen LogP contribution in [-0.4, -0.2) is 57.2 Å². The second kappa shape index (κ2) is 6.86. The van der Waals surface area contributed by atoms with Crippen LogP contribution in [0.25, 0.3) is 0 Å². The van der Waals surface area contributed by atoms with Gasteiger partial charge in [0.2, 0.25) is 5.91 Å². The van der Waals surface area contributed by atoms with E-state index in [0.29, 0.717) is 5.75 Å². The molecular formula is C11H19NO4S. The fourth-order valence-electron chi connectivity index (χ4n) is 1.81. The van der Waals surface area contributed by atoms with Crippen LogP contribution in [0.4, 0.5) is 0 Å². The van der Waals surface area contributed by atoms with E-state index in [9.17, 15) is 14.7 Å². The summed E-state index contributed by atoms with van der Waals surface area (Å²) in [6.45, 7) is 2.23. The summed E-state index contributed by atoms with van der Waals surface area (Å²) >= 11 is 1.52. The van der Waals surface area contributed by atoms with E-state index in [1.165, 1.54) is 16.7 Å². The molecule has 1 aliphatic heterocycles. The zero-order valence-electron chi connectivity index (χ0n) is 9.96. The van der Waals surface area contributed by atoms with Crippen LogP contribution in [0.2, 0.25) is 0 Å². The lowest BCUT2D eigenvalue weighted by Gasteiger charge is -2.20. The molecule has 0 aromatic rings. The van der Waals surface area contributed by atoms with Crippen LogP contribution >= 0.6 is 11.8 Å². The molecule has 0 aliphatic carbocycles. The maximum Gasteiger partial charge on any atom is 0.326 e. The van der Waals surface area contributed by atoms with Crippen LogP contribution in [0.1, 0.15) is 26.2 Å². The quantitative estimate of drug-likeness (QED) is 0.683. The molecule has 6 heteroatoms. The van der Waals surface area contributed by atoms with E-state index in [-0.39, 0.29) is 18.9 Å². The van der Waals surface area contributed by atoms with E-state index in [1.54, 1.807) is 0 Å². The number of carbonyl (C=O) groups excluding carboxylic acids is 1. The van der Waals surface area contributed by atoms with Gasteiger partial charge in [-0.3, -0.25) is 4.79 Å². The first-order valence-electron chi connectivity index (χ1n) is 5.84. The second-order valence-electron chi connectivity index (χ2n) is 4.20. The first-order chi connectivity index (χ1) is 8.06. The molecule has 0 bridgehead atoms. The Hall–Kier alpha value is -0.750. The van der Waals surface area contributed by atoms with Gasteiger partial charge in [-0.05, 0) is 12.2 Å². The van der Waals surface area contributed by atoms with Crippen LogP contribution in [-0.2, 0) is 9.59 Å². The van der Waals surface area contributed by atoms with Crippen molar-refractivity contribution in [1.82, 2.24) is 4.90 Å². The van der Waals surface area contributed by atoms with Crippen molar-refractivity contribution in [3.05, 3.63) is 0 Å². The summed E-state index contributed by atoms with van der Waals surface area (Å²) in [5, 5.41) is 18.4. The highest BCUT2D eigenvalue weighted by Crippen LogP contribution is 2.19. The standard InChI is InChI=1S/C11H19NO4S/c1-2-3-4-17-7-10(14)12-6-8(13)5-9(12)11(15)16/h8-9,13H,2-7H2,1H3,(H,15,16)/t8-,9+/m1/s1. The number of thioether (sulfide) groups is 1. The third kappa shape index (κ3) is 4.20. The average Bonchev–Trinajstić information content (AvgIpc) is 2.66. The van der Waals surface area contributed by atoms with E-state index in [4.69, 9.17) is 5.11 Å². The Morgan fingerprint density at radius 1 is 1.47 bits per heavy atom. The van der Waals surface area contributed by atoms with Crippen LogP contribution in [0, 0.1) is 0 Å². The molecule has 0 unspecified atom stereocenters.